The van der Waals surface area contributed by atoms with Crippen LogP contribution in [0.1, 0.15) is 34.1 Å². The number of carbonyl (C=O) groups excluding carboxylic acids is 2. The SMILES string of the molecule is CCC1(C)NC(=O)C(C(C)C)N(C)C1=O. The van der Waals surface area contributed by atoms with Crippen LogP contribution in [0.15, 0.2) is 0 Å². The summed E-state index contributed by atoms with van der Waals surface area (Å²) in [7, 11) is 1.71. The summed E-state index contributed by atoms with van der Waals surface area (Å²) in [5.41, 5.74) is -0.725. The third-order valence-corrected chi connectivity index (χ3v) is 3.22. The molecule has 1 aliphatic rings. The van der Waals surface area contributed by atoms with Crippen molar-refractivity contribution < 1.29 is 9.59 Å². The zero-order valence-electron chi connectivity index (χ0n) is 10.1. The predicted octanol–water partition coefficient (Wildman–Crippen LogP) is 0.768. The fraction of sp³-hybridized carbons (Fsp3) is 0.818. The molecule has 0 aromatic carbocycles. The maximum Gasteiger partial charge on any atom is 0.248 e. The van der Waals surface area contributed by atoms with E-state index in [-0.39, 0.29) is 23.8 Å². The van der Waals surface area contributed by atoms with Gasteiger partial charge in [0.05, 0.1) is 0 Å². The van der Waals surface area contributed by atoms with Gasteiger partial charge in [-0.1, -0.05) is 20.8 Å². The van der Waals surface area contributed by atoms with Crippen LogP contribution in [-0.2, 0) is 9.59 Å². The van der Waals surface area contributed by atoms with Gasteiger partial charge in [-0.3, -0.25) is 9.59 Å². The fourth-order valence-electron chi connectivity index (χ4n) is 2.08. The summed E-state index contributed by atoms with van der Waals surface area (Å²) < 4.78 is 0. The van der Waals surface area contributed by atoms with Gasteiger partial charge in [-0.25, -0.2) is 0 Å². The number of likely N-dealkylation sites (N-methyl/N-ethyl adjacent to an activating group) is 1. The summed E-state index contributed by atoms with van der Waals surface area (Å²) in [4.78, 5) is 25.5. The van der Waals surface area contributed by atoms with E-state index in [4.69, 9.17) is 0 Å². The highest BCUT2D eigenvalue weighted by atomic mass is 16.2. The van der Waals surface area contributed by atoms with Crippen LogP contribution in [0.4, 0.5) is 0 Å². The number of nitrogens with one attached hydrogen (secondary N) is 1. The van der Waals surface area contributed by atoms with Crippen LogP contribution in [0.3, 0.4) is 0 Å². The Bertz CT molecular complexity index is 288. The largest absolute Gasteiger partial charge is 0.340 e. The summed E-state index contributed by atoms with van der Waals surface area (Å²) >= 11 is 0. The molecule has 2 atom stereocenters. The second-order valence-electron chi connectivity index (χ2n) is 4.78. The summed E-state index contributed by atoms with van der Waals surface area (Å²) in [6.07, 6.45) is 0.618. The molecular formula is C11H20N2O2. The van der Waals surface area contributed by atoms with Gasteiger partial charge >= 0.3 is 0 Å². The van der Waals surface area contributed by atoms with Crippen LogP contribution >= 0.6 is 0 Å². The first-order chi connectivity index (χ1) is 6.83. The molecular weight excluding hydrogens is 192 g/mol. The van der Waals surface area contributed by atoms with Gasteiger partial charge in [0.1, 0.15) is 11.6 Å². The molecule has 2 amide bonds. The molecule has 0 radical (unpaired) electrons. The van der Waals surface area contributed by atoms with Crippen LogP contribution in [0.5, 0.6) is 0 Å². The van der Waals surface area contributed by atoms with Gasteiger partial charge in [0.2, 0.25) is 11.8 Å². The molecule has 2 unspecified atom stereocenters. The van der Waals surface area contributed by atoms with Crippen molar-refractivity contribution in [1.82, 2.24) is 10.2 Å². The Morgan fingerprint density at radius 2 is 2.00 bits per heavy atom. The van der Waals surface area contributed by atoms with Crippen LogP contribution in [0, 0.1) is 5.92 Å². The maximum atomic E-state index is 12.0. The van der Waals surface area contributed by atoms with E-state index in [9.17, 15) is 9.59 Å². The average Bonchev–Trinajstić information content (AvgIpc) is 2.14. The second-order valence-corrected chi connectivity index (χ2v) is 4.78. The van der Waals surface area contributed by atoms with Gasteiger partial charge in [0.15, 0.2) is 0 Å². The minimum atomic E-state index is -0.725. The zero-order chi connectivity index (χ0) is 11.8. The van der Waals surface area contributed by atoms with Crippen molar-refractivity contribution in [3.8, 4) is 0 Å². The van der Waals surface area contributed by atoms with E-state index in [0.717, 1.165) is 0 Å². The number of hydrogen-bond donors (Lipinski definition) is 1. The molecule has 1 heterocycles. The van der Waals surface area contributed by atoms with E-state index in [1.165, 1.54) is 0 Å². The smallest absolute Gasteiger partial charge is 0.248 e. The maximum absolute atomic E-state index is 12.0. The average molecular weight is 212 g/mol. The minimum absolute atomic E-state index is 0.00306. The van der Waals surface area contributed by atoms with E-state index in [2.05, 4.69) is 5.32 Å². The molecule has 0 bridgehead atoms. The number of rotatable bonds is 2. The standard InChI is InChI=1S/C11H20N2O2/c1-6-11(4)10(15)13(5)8(7(2)3)9(14)12-11/h7-8H,6H2,1-5H3,(H,12,14). The highest BCUT2D eigenvalue weighted by Crippen LogP contribution is 2.23. The van der Waals surface area contributed by atoms with Crippen molar-refractivity contribution in [1.29, 1.82) is 0 Å². The Morgan fingerprint density at radius 3 is 2.40 bits per heavy atom. The molecule has 1 saturated heterocycles. The van der Waals surface area contributed by atoms with Crippen molar-refractivity contribution in [2.75, 3.05) is 7.05 Å². The first-order valence-electron chi connectivity index (χ1n) is 5.42. The van der Waals surface area contributed by atoms with Crippen LogP contribution in [0.2, 0.25) is 0 Å². The lowest BCUT2D eigenvalue weighted by atomic mass is 9.89. The van der Waals surface area contributed by atoms with Gasteiger partial charge < -0.3 is 10.2 Å². The topological polar surface area (TPSA) is 49.4 Å². The normalized spacial score (nSPS) is 32.1. The highest BCUT2D eigenvalue weighted by Gasteiger charge is 2.46. The van der Waals surface area contributed by atoms with Crippen molar-refractivity contribution >= 4 is 11.8 Å². The fourth-order valence-corrected chi connectivity index (χ4v) is 2.08. The summed E-state index contributed by atoms with van der Waals surface area (Å²) in [5.74, 6) is 0.0973. The minimum Gasteiger partial charge on any atom is -0.340 e. The van der Waals surface area contributed by atoms with E-state index in [0.29, 0.717) is 6.42 Å². The van der Waals surface area contributed by atoms with Gasteiger partial charge in [-0.05, 0) is 19.3 Å². The zero-order valence-corrected chi connectivity index (χ0v) is 10.1. The number of piperazine rings is 1. The molecule has 1 N–H and O–H groups in total. The first kappa shape index (κ1) is 12.0. The Balaban J connectivity index is 2.99. The molecule has 0 aliphatic carbocycles. The number of amides is 2. The van der Waals surface area contributed by atoms with Crippen molar-refractivity contribution in [3.63, 3.8) is 0 Å². The monoisotopic (exact) mass is 212 g/mol. The molecule has 0 saturated carbocycles. The molecule has 86 valence electrons. The van der Waals surface area contributed by atoms with Crippen molar-refractivity contribution in [2.45, 2.75) is 45.7 Å². The van der Waals surface area contributed by atoms with Gasteiger partial charge in [-0.15, -0.1) is 0 Å². The number of carbonyl (C=O) groups is 2. The Morgan fingerprint density at radius 1 is 1.47 bits per heavy atom. The number of nitrogens with zero attached hydrogens (tertiary/aromatic N) is 1. The molecule has 1 rings (SSSR count). The quantitative estimate of drug-likeness (QED) is 0.735. The van der Waals surface area contributed by atoms with E-state index in [1.807, 2.05) is 20.8 Å². The molecule has 0 aromatic rings. The highest BCUT2D eigenvalue weighted by molar-refractivity contribution is 5.99. The summed E-state index contributed by atoms with van der Waals surface area (Å²) in [6.45, 7) is 7.58. The third-order valence-electron chi connectivity index (χ3n) is 3.22. The molecule has 0 aromatic heterocycles. The van der Waals surface area contributed by atoms with Gasteiger partial charge in [0, 0.05) is 7.05 Å². The lowest BCUT2D eigenvalue weighted by Gasteiger charge is -2.43. The van der Waals surface area contributed by atoms with E-state index >= 15 is 0 Å². The molecule has 1 aliphatic heterocycles. The molecule has 1 fully saturated rings. The van der Waals surface area contributed by atoms with Crippen LogP contribution in [0.25, 0.3) is 0 Å². The van der Waals surface area contributed by atoms with Gasteiger partial charge in [-0.2, -0.15) is 0 Å². The lowest BCUT2D eigenvalue weighted by Crippen LogP contribution is -2.69. The molecule has 15 heavy (non-hydrogen) atoms. The van der Waals surface area contributed by atoms with Crippen LogP contribution in [-0.4, -0.2) is 35.3 Å². The van der Waals surface area contributed by atoms with E-state index in [1.54, 1.807) is 18.9 Å². The van der Waals surface area contributed by atoms with Gasteiger partial charge in [0.25, 0.3) is 0 Å². The Labute approximate surface area is 91.0 Å². The Kier molecular flexibility index (Phi) is 3.07. The first-order valence-corrected chi connectivity index (χ1v) is 5.42. The molecule has 4 heteroatoms. The third kappa shape index (κ3) is 1.85. The predicted molar refractivity (Wildman–Crippen MR) is 58.2 cm³/mol. The van der Waals surface area contributed by atoms with Crippen LogP contribution < -0.4 is 5.32 Å². The van der Waals surface area contributed by atoms with E-state index < -0.39 is 5.54 Å². The van der Waals surface area contributed by atoms with Crippen molar-refractivity contribution in [2.24, 2.45) is 5.92 Å². The second kappa shape index (κ2) is 3.83. The summed E-state index contributed by atoms with van der Waals surface area (Å²) in [5, 5.41) is 2.82. The Hall–Kier alpha value is -1.06. The van der Waals surface area contributed by atoms with Crippen molar-refractivity contribution in [3.05, 3.63) is 0 Å². The summed E-state index contributed by atoms with van der Waals surface area (Å²) in [6, 6.07) is -0.336. The number of hydrogen-bond acceptors (Lipinski definition) is 2. The lowest BCUT2D eigenvalue weighted by molar-refractivity contribution is -0.154. The molecule has 0 spiro atoms. The molecule has 4 nitrogen and oxygen atoms in total.